The van der Waals surface area contributed by atoms with Gasteiger partial charge in [0.25, 0.3) is 0 Å². The minimum atomic E-state index is 0.0213. The van der Waals surface area contributed by atoms with Crippen molar-refractivity contribution in [1.82, 2.24) is 20.1 Å². The van der Waals surface area contributed by atoms with E-state index in [1.807, 2.05) is 22.5 Å². The fraction of sp³-hybridized carbons (Fsp3) is 0.500. The number of piperazine rings is 1. The summed E-state index contributed by atoms with van der Waals surface area (Å²) in [6.45, 7) is 6.97. The SMILES string of the molecule is O=C(NCC(c1ccccc1)N1CCOCC1)N1CCN(c2nccs2)CC1. The standard InChI is InChI=1S/C20H27N5O2S/c26-19(24-7-9-25(10-8-24)20-21-6-15-28-20)22-16-18(17-4-2-1-3-5-17)23-11-13-27-14-12-23/h1-6,15,18H,7-14,16H2,(H,22,26). The Hall–Kier alpha value is -2.16. The van der Waals surface area contributed by atoms with Crippen molar-refractivity contribution in [2.45, 2.75) is 6.04 Å². The molecule has 2 amide bonds. The van der Waals surface area contributed by atoms with Crippen LogP contribution in [0.15, 0.2) is 41.9 Å². The maximum absolute atomic E-state index is 12.7. The monoisotopic (exact) mass is 401 g/mol. The van der Waals surface area contributed by atoms with E-state index in [9.17, 15) is 4.79 Å². The van der Waals surface area contributed by atoms with Crippen LogP contribution in [0.5, 0.6) is 0 Å². The van der Waals surface area contributed by atoms with E-state index in [1.54, 1.807) is 11.3 Å². The molecular weight excluding hydrogens is 374 g/mol. The van der Waals surface area contributed by atoms with Gasteiger partial charge in [-0.05, 0) is 5.56 Å². The molecule has 0 bridgehead atoms. The van der Waals surface area contributed by atoms with E-state index < -0.39 is 0 Å². The first kappa shape index (κ1) is 19.2. The van der Waals surface area contributed by atoms with Crippen LogP contribution in [-0.4, -0.2) is 79.8 Å². The molecule has 150 valence electrons. The van der Waals surface area contributed by atoms with Crippen LogP contribution in [0.3, 0.4) is 0 Å². The number of morpholine rings is 1. The third-order valence-electron chi connectivity index (χ3n) is 5.37. The summed E-state index contributed by atoms with van der Waals surface area (Å²) in [6.07, 6.45) is 1.83. The van der Waals surface area contributed by atoms with Gasteiger partial charge in [-0.2, -0.15) is 0 Å². The van der Waals surface area contributed by atoms with Crippen molar-refractivity contribution < 1.29 is 9.53 Å². The molecule has 0 aliphatic carbocycles. The topological polar surface area (TPSA) is 60.9 Å². The molecule has 1 aromatic heterocycles. The van der Waals surface area contributed by atoms with E-state index in [-0.39, 0.29) is 12.1 Å². The summed E-state index contributed by atoms with van der Waals surface area (Å²) >= 11 is 1.65. The number of rotatable bonds is 5. The van der Waals surface area contributed by atoms with Crippen molar-refractivity contribution >= 4 is 22.5 Å². The molecule has 2 fully saturated rings. The summed E-state index contributed by atoms with van der Waals surface area (Å²) in [5.41, 5.74) is 1.23. The maximum atomic E-state index is 12.7. The number of anilines is 1. The molecule has 1 unspecified atom stereocenters. The van der Waals surface area contributed by atoms with Crippen molar-refractivity contribution in [3.63, 3.8) is 0 Å². The van der Waals surface area contributed by atoms with Gasteiger partial charge < -0.3 is 19.9 Å². The lowest BCUT2D eigenvalue weighted by atomic mass is 10.0. The number of carbonyl (C=O) groups is 1. The number of amides is 2. The molecule has 2 aliphatic rings. The number of nitrogens with one attached hydrogen (secondary N) is 1. The summed E-state index contributed by atoms with van der Waals surface area (Å²) in [7, 11) is 0. The highest BCUT2D eigenvalue weighted by atomic mass is 32.1. The molecule has 2 aliphatic heterocycles. The van der Waals surface area contributed by atoms with Crippen LogP contribution in [0.4, 0.5) is 9.93 Å². The molecule has 2 saturated heterocycles. The van der Waals surface area contributed by atoms with Crippen LogP contribution >= 0.6 is 11.3 Å². The minimum absolute atomic E-state index is 0.0213. The Bertz CT molecular complexity index is 728. The van der Waals surface area contributed by atoms with E-state index in [1.165, 1.54) is 5.56 Å². The number of aromatic nitrogens is 1. The van der Waals surface area contributed by atoms with Gasteiger partial charge in [-0.3, -0.25) is 4.90 Å². The van der Waals surface area contributed by atoms with Crippen molar-refractivity contribution in [2.75, 3.05) is 63.9 Å². The molecule has 1 atom stereocenters. The zero-order valence-electron chi connectivity index (χ0n) is 16.0. The molecule has 0 saturated carbocycles. The number of hydrogen-bond donors (Lipinski definition) is 1. The highest BCUT2D eigenvalue weighted by Gasteiger charge is 2.26. The Morgan fingerprint density at radius 3 is 2.54 bits per heavy atom. The van der Waals surface area contributed by atoms with Crippen LogP contribution in [0, 0.1) is 0 Å². The average Bonchev–Trinajstić information content (AvgIpc) is 3.30. The van der Waals surface area contributed by atoms with Gasteiger partial charge in [0.15, 0.2) is 5.13 Å². The molecule has 0 spiro atoms. The summed E-state index contributed by atoms with van der Waals surface area (Å²) in [4.78, 5) is 23.7. The number of benzene rings is 1. The largest absolute Gasteiger partial charge is 0.379 e. The molecular formula is C20H27N5O2S. The minimum Gasteiger partial charge on any atom is -0.379 e. The van der Waals surface area contributed by atoms with Crippen molar-refractivity contribution in [1.29, 1.82) is 0 Å². The quantitative estimate of drug-likeness (QED) is 0.831. The summed E-state index contributed by atoms with van der Waals surface area (Å²) in [6, 6.07) is 10.6. The first-order valence-electron chi connectivity index (χ1n) is 9.85. The van der Waals surface area contributed by atoms with Gasteiger partial charge in [0.1, 0.15) is 0 Å². The predicted octanol–water partition coefficient (Wildman–Crippen LogP) is 2.05. The number of ether oxygens (including phenoxy) is 1. The fourth-order valence-corrected chi connectivity index (χ4v) is 4.49. The summed E-state index contributed by atoms with van der Waals surface area (Å²) in [5, 5.41) is 6.20. The Kier molecular flexibility index (Phi) is 6.41. The highest BCUT2D eigenvalue weighted by molar-refractivity contribution is 7.13. The predicted molar refractivity (Wildman–Crippen MR) is 111 cm³/mol. The lowest BCUT2D eigenvalue weighted by Gasteiger charge is -2.37. The first-order valence-corrected chi connectivity index (χ1v) is 10.7. The number of carbonyl (C=O) groups excluding carboxylic acids is 1. The number of urea groups is 1. The number of nitrogens with zero attached hydrogens (tertiary/aromatic N) is 4. The maximum Gasteiger partial charge on any atom is 0.317 e. The van der Waals surface area contributed by atoms with Gasteiger partial charge in [-0.25, -0.2) is 9.78 Å². The van der Waals surface area contributed by atoms with Gasteiger partial charge >= 0.3 is 6.03 Å². The summed E-state index contributed by atoms with van der Waals surface area (Å²) in [5.74, 6) is 0. The molecule has 3 heterocycles. The molecule has 28 heavy (non-hydrogen) atoms. The molecule has 1 aromatic carbocycles. The number of hydrogen-bond acceptors (Lipinski definition) is 6. The Morgan fingerprint density at radius 1 is 1.11 bits per heavy atom. The zero-order chi connectivity index (χ0) is 19.2. The molecule has 4 rings (SSSR count). The van der Waals surface area contributed by atoms with Gasteiger partial charge in [0.05, 0.1) is 19.3 Å². The Balaban J connectivity index is 1.32. The Morgan fingerprint density at radius 2 is 1.86 bits per heavy atom. The highest BCUT2D eigenvalue weighted by Crippen LogP contribution is 2.22. The second kappa shape index (κ2) is 9.36. The van der Waals surface area contributed by atoms with E-state index in [2.05, 4.69) is 44.4 Å². The second-order valence-corrected chi connectivity index (χ2v) is 7.92. The third-order valence-corrected chi connectivity index (χ3v) is 6.21. The molecule has 1 N–H and O–H groups in total. The summed E-state index contributed by atoms with van der Waals surface area (Å²) < 4.78 is 5.50. The molecule has 2 aromatic rings. The van der Waals surface area contributed by atoms with E-state index in [4.69, 9.17) is 4.74 Å². The lowest BCUT2D eigenvalue weighted by Crippen LogP contribution is -2.53. The van der Waals surface area contributed by atoms with Crippen molar-refractivity contribution in [2.24, 2.45) is 0 Å². The Labute approximate surface area is 169 Å². The van der Waals surface area contributed by atoms with Crippen LogP contribution in [0.2, 0.25) is 0 Å². The van der Waals surface area contributed by atoms with E-state index in [0.29, 0.717) is 6.54 Å². The normalized spacial score (nSPS) is 19.4. The molecule has 7 nitrogen and oxygen atoms in total. The van der Waals surface area contributed by atoms with Crippen LogP contribution in [-0.2, 0) is 4.74 Å². The van der Waals surface area contributed by atoms with Gasteiger partial charge in [0, 0.05) is 57.4 Å². The second-order valence-electron chi connectivity index (χ2n) is 7.05. The van der Waals surface area contributed by atoms with Crippen LogP contribution in [0.1, 0.15) is 11.6 Å². The lowest BCUT2D eigenvalue weighted by molar-refractivity contribution is 0.0164. The van der Waals surface area contributed by atoms with Crippen LogP contribution in [0.25, 0.3) is 0 Å². The van der Waals surface area contributed by atoms with Crippen molar-refractivity contribution in [3.8, 4) is 0 Å². The fourth-order valence-electron chi connectivity index (χ4n) is 3.79. The third kappa shape index (κ3) is 4.63. The average molecular weight is 402 g/mol. The van der Waals surface area contributed by atoms with E-state index in [0.717, 1.165) is 57.6 Å². The van der Waals surface area contributed by atoms with Crippen LogP contribution < -0.4 is 10.2 Å². The van der Waals surface area contributed by atoms with Gasteiger partial charge in [-0.1, -0.05) is 30.3 Å². The number of thiazole rings is 1. The van der Waals surface area contributed by atoms with Crippen molar-refractivity contribution in [3.05, 3.63) is 47.5 Å². The zero-order valence-corrected chi connectivity index (χ0v) is 16.8. The molecule has 0 radical (unpaired) electrons. The molecule has 8 heteroatoms. The van der Waals surface area contributed by atoms with Gasteiger partial charge in [-0.15, -0.1) is 11.3 Å². The first-order chi connectivity index (χ1) is 13.8. The smallest absolute Gasteiger partial charge is 0.317 e. The van der Waals surface area contributed by atoms with E-state index >= 15 is 0 Å². The van der Waals surface area contributed by atoms with Gasteiger partial charge in [0.2, 0.25) is 0 Å².